The zero-order valence-corrected chi connectivity index (χ0v) is 23.4. The topological polar surface area (TPSA) is 91.8 Å². The van der Waals surface area contributed by atoms with Crippen LogP contribution in [0.1, 0.15) is 45.1 Å². The molecule has 0 amide bonds. The van der Waals surface area contributed by atoms with Gasteiger partial charge < -0.3 is 15.4 Å². The Morgan fingerprint density at radius 1 is 1.25 bits per heavy atom. The van der Waals surface area contributed by atoms with Crippen molar-refractivity contribution in [1.82, 2.24) is 20.3 Å². The Morgan fingerprint density at radius 2 is 2.00 bits per heavy atom. The minimum atomic E-state index is -4.50. The number of alkyl halides is 4. The Hall–Kier alpha value is -3.06. The van der Waals surface area contributed by atoms with Gasteiger partial charge in [0.15, 0.2) is 0 Å². The van der Waals surface area contributed by atoms with Gasteiger partial charge in [0.05, 0.1) is 36.2 Å². The molecule has 7 nitrogen and oxygen atoms in total. The van der Waals surface area contributed by atoms with E-state index in [0.717, 1.165) is 5.56 Å². The van der Waals surface area contributed by atoms with Crippen molar-refractivity contribution >= 4 is 38.2 Å². The largest absolute Gasteiger partial charge is 0.390 e. The number of halogens is 5. The van der Waals surface area contributed by atoms with E-state index < -0.39 is 46.0 Å². The molecule has 3 N–H and O–H groups in total. The summed E-state index contributed by atoms with van der Waals surface area (Å²) >= 11 is 0. The number of piperidine rings is 1. The lowest BCUT2D eigenvalue weighted by atomic mass is 9.82. The fraction of sp³-hybridized carbons (Fsp3) is 0.481. The van der Waals surface area contributed by atoms with E-state index in [2.05, 4.69) is 31.2 Å². The number of hydrogen-bond acceptors (Lipinski definition) is 6. The number of hydrogen-bond donors (Lipinski definition) is 3. The van der Waals surface area contributed by atoms with Crippen molar-refractivity contribution in [1.29, 1.82) is 0 Å². The maximum absolute atomic E-state index is 14.9. The number of aromatic nitrogens is 3. The minimum absolute atomic E-state index is 0.0356. The molecule has 2 aromatic heterocycles. The monoisotopic (exact) mass is 584 g/mol. The maximum atomic E-state index is 14.9. The molecule has 0 aliphatic carbocycles. The second-order valence-electron chi connectivity index (χ2n) is 11.0. The van der Waals surface area contributed by atoms with E-state index in [0.29, 0.717) is 47.7 Å². The molecule has 1 aliphatic rings. The average molecular weight is 585 g/mol. The molecule has 4 rings (SSSR count). The second-order valence-corrected chi connectivity index (χ2v) is 13.2. The molecule has 13 heteroatoms. The van der Waals surface area contributed by atoms with Crippen LogP contribution in [0.4, 0.5) is 33.6 Å². The lowest BCUT2D eigenvalue weighted by molar-refractivity contribution is -0.129. The van der Waals surface area contributed by atoms with Gasteiger partial charge in [0, 0.05) is 45.6 Å². The Kier molecular flexibility index (Phi) is 8.55. The first kappa shape index (κ1) is 29.9. The summed E-state index contributed by atoms with van der Waals surface area (Å²) < 4.78 is 80.8. The molecule has 0 spiro atoms. The standard InChI is InChI=1S/C27H33F5N6OS/c1-16(2)19-10-22(17-5-6-21(20(29)9-17)38-40(4,39)8-7-27(30,31)32)36-23-13-34-25(37-24(19)23)35-18-11-26(3,14-28)15-33-12-18/h5-6,9-10,13,16,18,33H,4,7-8,11-12,14-15H2,1-3H3,(H,38,39)(H,34,35,37)/t18-,26-,40?/m0/s1. The van der Waals surface area contributed by atoms with Crippen LogP contribution in [0.15, 0.2) is 30.5 Å². The Labute approximate surface area is 230 Å². The van der Waals surface area contributed by atoms with Gasteiger partial charge in [-0.15, -0.1) is 0 Å². The molecule has 40 heavy (non-hydrogen) atoms. The molecular weight excluding hydrogens is 551 g/mol. The number of rotatable bonds is 9. The van der Waals surface area contributed by atoms with Crippen LogP contribution in [0.3, 0.4) is 0 Å². The SMILES string of the molecule is C=S(=O)(CCC(F)(F)F)Nc1ccc(-c2cc(C(C)C)c3nc(N[C@@H]4CNC[C@](C)(CF)C4)ncc3n2)cc1F. The zero-order valence-electron chi connectivity index (χ0n) is 22.5. The number of nitrogens with one attached hydrogen (secondary N) is 3. The lowest BCUT2D eigenvalue weighted by Crippen LogP contribution is -2.49. The van der Waals surface area contributed by atoms with Crippen LogP contribution in [0.2, 0.25) is 0 Å². The van der Waals surface area contributed by atoms with Gasteiger partial charge in [-0.3, -0.25) is 4.39 Å². The molecule has 3 heterocycles. The van der Waals surface area contributed by atoms with Gasteiger partial charge in [-0.05, 0) is 42.0 Å². The van der Waals surface area contributed by atoms with Gasteiger partial charge in [0.2, 0.25) is 5.95 Å². The highest BCUT2D eigenvalue weighted by Crippen LogP contribution is 2.32. The van der Waals surface area contributed by atoms with Crippen molar-refractivity contribution < 1.29 is 26.2 Å². The van der Waals surface area contributed by atoms with Crippen LogP contribution in [-0.2, 0) is 9.71 Å². The average Bonchev–Trinajstić information content (AvgIpc) is 2.87. The van der Waals surface area contributed by atoms with Crippen molar-refractivity contribution in [2.24, 2.45) is 5.41 Å². The summed E-state index contributed by atoms with van der Waals surface area (Å²) in [6.45, 7) is 6.72. The summed E-state index contributed by atoms with van der Waals surface area (Å²) in [5.41, 5.74) is 2.19. The fourth-order valence-corrected chi connectivity index (χ4v) is 5.90. The van der Waals surface area contributed by atoms with Crippen molar-refractivity contribution in [3.63, 3.8) is 0 Å². The smallest absolute Gasteiger partial charge is 0.350 e. The Balaban J connectivity index is 1.59. The number of nitrogens with zero attached hydrogens (tertiary/aromatic N) is 3. The molecule has 1 fully saturated rings. The van der Waals surface area contributed by atoms with Crippen molar-refractivity contribution in [2.45, 2.75) is 51.7 Å². The molecule has 1 aliphatic heterocycles. The third kappa shape index (κ3) is 7.36. The number of anilines is 2. The van der Waals surface area contributed by atoms with Gasteiger partial charge >= 0.3 is 6.18 Å². The predicted octanol–water partition coefficient (Wildman–Crippen LogP) is 5.70. The molecular formula is C27H33F5N6OS. The van der Waals surface area contributed by atoms with E-state index in [-0.39, 0.29) is 17.6 Å². The van der Waals surface area contributed by atoms with E-state index >= 15 is 0 Å². The Morgan fingerprint density at radius 3 is 2.65 bits per heavy atom. The highest BCUT2D eigenvalue weighted by atomic mass is 32.2. The quantitative estimate of drug-likeness (QED) is 0.221. The molecule has 218 valence electrons. The second kappa shape index (κ2) is 11.4. The first-order chi connectivity index (χ1) is 18.7. The summed E-state index contributed by atoms with van der Waals surface area (Å²) in [4.78, 5) is 13.7. The lowest BCUT2D eigenvalue weighted by Gasteiger charge is -2.37. The van der Waals surface area contributed by atoms with Crippen LogP contribution in [0.5, 0.6) is 0 Å². The summed E-state index contributed by atoms with van der Waals surface area (Å²) in [6.07, 6.45) is -3.58. The highest BCUT2D eigenvalue weighted by molar-refractivity contribution is 8.01. The van der Waals surface area contributed by atoms with Crippen LogP contribution in [-0.4, -0.2) is 62.8 Å². The molecule has 1 saturated heterocycles. The number of benzene rings is 1. The third-order valence-electron chi connectivity index (χ3n) is 6.81. The molecule has 0 bridgehead atoms. The van der Waals surface area contributed by atoms with E-state index in [4.69, 9.17) is 4.98 Å². The normalized spacial score (nSPS) is 21.4. The first-order valence-electron chi connectivity index (χ1n) is 12.9. The molecule has 1 aromatic carbocycles. The zero-order chi connectivity index (χ0) is 29.3. The summed E-state index contributed by atoms with van der Waals surface area (Å²) in [6, 6.07) is 5.78. The fourth-order valence-electron chi connectivity index (χ4n) is 4.67. The summed E-state index contributed by atoms with van der Waals surface area (Å²) in [5, 5.41) is 6.55. The van der Waals surface area contributed by atoms with Crippen LogP contribution < -0.4 is 15.4 Å². The maximum Gasteiger partial charge on any atom is 0.390 e. The van der Waals surface area contributed by atoms with Gasteiger partial charge in [0.25, 0.3) is 0 Å². The van der Waals surface area contributed by atoms with Gasteiger partial charge in [-0.2, -0.15) is 13.2 Å². The molecule has 3 atom stereocenters. The van der Waals surface area contributed by atoms with Gasteiger partial charge in [-0.1, -0.05) is 26.8 Å². The van der Waals surface area contributed by atoms with Crippen LogP contribution >= 0.6 is 0 Å². The number of pyridine rings is 1. The predicted molar refractivity (Wildman–Crippen MR) is 150 cm³/mol. The van der Waals surface area contributed by atoms with E-state index in [9.17, 15) is 26.2 Å². The van der Waals surface area contributed by atoms with Crippen LogP contribution in [0.25, 0.3) is 22.3 Å². The first-order valence-corrected chi connectivity index (χ1v) is 14.8. The minimum Gasteiger partial charge on any atom is -0.350 e. The number of fused-ring (bicyclic) bond motifs is 1. The summed E-state index contributed by atoms with van der Waals surface area (Å²) in [7, 11) is -3.41. The van der Waals surface area contributed by atoms with Crippen LogP contribution in [0, 0.1) is 11.2 Å². The van der Waals surface area contributed by atoms with E-state index in [1.807, 2.05) is 26.8 Å². The molecule has 1 unspecified atom stereocenters. The van der Waals surface area contributed by atoms with Crippen molar-refractivity contribution in [3.05, 3.63) is 41.8 Å². The van der Waals surface area contributed by atoms with Gasteiger partial charge in [0.1, 0.15) is 11.3 Å². The molecule has 0 radical (unpaired) electrons. The van der Waals surface area contributed by atoms with E-state index in [1.54, 1.807) is 6.20 Å². The van der Waals surface area contributed by atoms with Gasteiger partial charge in [-0.25, -0.2) is 23.6 Å². The summed E-state index contributed by atoms with van der Waals surface area (Å²) in [5.74, 6) is 2.18. The molecule has 0 saturated carbocycles. The highest BCUT2D eigenvalue weighted by Gasteiger charge is 2.32. The third-order valence-corrected chi connectivity index (χ3v) is 8.27. The van der Waals surface area contributed by atoms with Crippen molar-refractivity contribution in [2.75, 3.05) is 35.6 Å². The molecule has 3 aromatic rings. The van der Waals surface area contributed by atoms with E-state index in [1.165, 1.54) is 18.2 Å². The van der Waals surface area contributed by atoms with Crippen molar-refractivity contribution in [3.8, 4) is 11.3 Å². The Bertz CT molecular complexity index is 1480.